The Morgan fingerprint density at radius 3 is 1.76 bits per heavy atom. The molecule has 0 amide bonds. The first-order valence-corrected chi connectivity index (χ1v) is 10.3. The minimum atomic E-state index is -4.57. The number of rotatable bonds is 9. The molecule has 0 spiro atoms. The highest BCUT2D eigenvalue weighted by atomic mass is 19.4. The van der Waals surface area contributed by atoms with E-state index in [2.05, 4.69) is 9.98 Å². The monoisotopic (exact) mass is 470 g/mol. The Morgan fingerprint density at radius 2 is 1.30 bits per heavy atom. The van der Waals surface area contributed by atoms with Crippen LogP contribution in [0.25, 0.3) is 0 Å². The number of nitrogens with zero attached hydrogens (tertiary/aromatic N) is 2. The summed E-state index contributed by atoms with van der Waals surface area (Å²) in [6.07, 6.45) is -5.87. The van der Waals surface area contributed by atoms with Gasteiger partial charge in [0, 0.05) is 12.4 Å². The molecule has 2 heterocycles. The Kier molecular flexibility index (Phi) is 6.11. The first-order chi connectivity index (χ1) is 15.6. The lowest BCUT2D eigenvalue weighted by molar-refractivity contribution is -0.139. The maximum atomic E-state index is 13.5. The van der Waals surface area contributed by atoms with E-state index in [1.165, 1.54) is 36.7 Å². The van der Waals surface area contributed by atoms with Gasteiger partial charge in [-0.1, -0.05) is 25.5 Å². The summed E-state index contributed by atoms with van der Waals surface area (Å²) < 4.78 is 91.9. The number of alkyl halides is 6. The summed E-state index contributed by atoms with van der Waals surface area (Å²) in [5.41, 5.74) is -1.55. The van der Waals surface area contributed by atoms with Gasteiger partial charge in [0.2, 0.25) is 0 Å². The van der Waals surface area contributed by atoms with E-state index in [1.807, 2.05) is 6.92 Å². The predicted molar refractivity (Wildman–Crippen MR) is 110 cm³/mol. The van der Waals surface area contributed by atoms with Crippen LogP contribution in [-0.4, -0.2) is 25.1 Å². The molecule has 33 heavy (non-hydrogen) atoms. The van der Waals surface area contributed by atoms with Crippen molar-refractivity contribution in [3.05, 3.63) is 58.7 Å². The second-order valence-corrected chi connectivity index (χ2v) is 7.82. The second kappa shape index (κ2) is 8.72. The molecule has 2 aromatic rings. The van der Waals surface area contributed by atoms with Gasteiger partial charge in [-0.3, -0.25) is 9.98 Å². The normalized spacial score (nSPS) is 20.0. The molecule has 0 bridgehead atoms. The number of benzene rings is 2. The fraction of sp³-hybridized carbons (Fsp3) is 0.391. The van der Waals surface area contributed by atoms with Crippen LogP contribution in [-0.2, 0) is 12.4 Å². The standard InChI is InChI=1S/C23H20F6N2O2/c1-2-3-15(33-14-5-7-17(21-11-31-21)19(9-14)23(27,28)29)12-32-13-4-6-16(20-10-30-20)18(8-13)22(24,25)26/h4-11,15,20-21H,2-3,12H2,1H3. The highest BCUT2D eigenvalue weighted by molar-refractivity contribution is 5.81. The summed E-state index contributed by atoms with van der Waals surface area (Å²) in [5, 5.41) is 0. The van der Waals surface area contributed by atoms with Crippen molar-refractivity contribution < 1.29 is 35.8 Å². The second-order valence-electron chi connectivity index (χ2n) is 7.82. The summed E-state index contributed by atoms with van der Waals surface area (Å²) in [6, 6.07) is 6.19. The first-order valence-electron chi connectivity index (χ1n) is 10.3. The summed E-state index contributed by atoms with van der Waals surface area (Å²) in [4.78, 5) is 7.59. The average molecular weight is 470 g/mol. The minimum Gasteiger partial charge on any atom is -0.490 e. The van der Waals surface area contributed by atoms with Crippen molar-refractivity contribution in [3.8, 4) is 11.5 Å². The molecule has 4 rings (SSSR count). The fourth-order valence-electron chi connectivity index (χ4n) is 3.53. The minimum absolute atomic E-state index is 0.00554. The van der Waals surface area contributed by atoms with Crippen LogP contribution in [0.3, 0.4) is 0 Å². The molecule has 0 saturated heterocycles. The molecule has 3 atom stereocenters. The first kappa shape index (κ1) is 23.1. The molecule has 0 radical (unpaired) electrons. The maximum Gasteiger partial charge on any atom is 0.416 e. The number of hydrogen-bond acceptors (Lipinski definition) is 4. The summed E-state index contributed by atoms with van der Waals surface area (Å²) >= 11 is 0. The number of halogens is 6. The average Bonchev–Trinajstić information content (AvgIpc) is 3.63. The molecule has 0 fully saturated rings. The van der Waals surface area contributed by atoms with E-state index in [-0.39, 0.29) is 29.2 Å². The summed E-state index contributed by atoms with van der Waals surface area (Å²) in [5.74, 6) is -0.000348. The summed E-state index contributed by atoms with van der Waals surface area (Å²) in [6.45, 7) is 1.73. The van der Waals surface area contributed by atoms with Crippen LogP contribution in [0.2, 0.25) is 0 Å². The molecule has 2 aliphatic heterocycles. The van der Waals surface area contributed by atoms with Crippen molar-refractivity contribution in [1.82, 2.24) is 0 Å². The molecule has 4 nitrogen and oxygen atoms in total. The van der Waals surface area contributed by atoms with Crippen molar-refractivity contribution >= 4 is 12.4 Å². The topological polar surface area (TPSA) is 43.2 Å². The SMILES string of the molecule is CCCC(COc1ccc(C2C=N2)c(C(F)(F)F)c1)Oc1ccc(C2C=N2)c(C(F)(F)F)c1. The zero-order valence-electron chi connectivity index (χ0n) is 17.5. The van der Waals surface area contributed by atoms with Crippen LogP contribution in [0.15, 0.2) is 46.4 Å². The third kappa shape index (κ3) is 5.66. The zero-order valence-corrected chi connectivity index (χ0v) is 17.5. The van der Waals surface area contributed by atoms with E-state index in [1.54, 1.807) is 0 Å². The van der Waals surface area contributed by atoms with Crippen LogP contribution >= 0.6 is 0 Å². The third-order valence-electron chi connectivity index (χ3n) is 5.24. The van der Waals surface area contributed by atoms with E-state index in [0.29, 0.717) is 12.8 Å². The van der Waals surface area contributed by atoms with Crippen LogP contribution < -0.4 is 9.47 Å². The fourth-order valence-corrected chi connectivity index (χ4v) is 3.53. The van der Waals surface area contributed by atoms with Crippen molar-refractivity contribution in [2.45, 2.75) is 50.3 Å². The van der Waals surface area contributed by atoms with Crippen LogP contribution in [0.4, 0.5) is 26.3 Å². The van der Waals surface area contributed by atoms with Gasteiger partial charge in [0.05, 0.1) is 11.1 Å². The Bertz CT molecular complexity index is 1070. The molecule has 0 aromatic heterocycles. The zero-order chi connectivity index (χ0) is 23.8. The largest absolute Gasteiger partial charge is 0.490 e. The maximum absolute atomic E-state index is 13.5. The third-order valence-corrected chi connectivity index (χ3v) is 5.24. The van der Waals surface area contributed by atoms with Crippen molar-refractivity contribution in [1.29, 1.82) is 0 Å². The Hall–Kier alpha value is -3.04. The van der Waals surface area contributed by atoms with Gasteiger partial charge in [-0.15, -0.1) is 0 Å². The number of aliphatic imine (C=N–C) groups is 2. The molecule has 2 aromatic carbocycles. The van der Waals surface area contributed by atoms with Crippen LogP contribution in [0.5, 0.6) is 11.5 Å². The lowest BCUT2D eigenvalue weighted by atomic mass is 10.0. The molecule has 10 heteroatoms. The molecular formula is C23H20F6N2O2. The van der Waals surface area contributed by atoms with Crippen LogP contribution in [0.1, 0.15) is 54.1 Å². The Balaban J connectivity index is 1.48. The van der Waals surface area contributed by atoms with E-state index in [9.17, 15) is 26.3 Å². The lowest BCUT2D eigenvalue weighted by Gasteiger charge is -2.21. The molecule has 0 aliphatic carbocycles. The van der Waals surface area contributed by atoms with Gasteiger partial charge in [-0.05, 0) is 41.8 Å². The predicted octanol–water partition coefficient (Wildman–Crippen LogP) is 6.60. The molecule has 3 unspecified atom stereocenters. The van der Waals surface area contributed by atoms with E-state index in [4.69, 9.17) is 9.47 Å². The van der Waals surface area contributed by atoms with Gasteiger partial charge in [0.1, 0.15) is 36.3 Å². The van der Waals surface area contributed by atoms with E-state index in [0.717, 1.165) is 12.1 Å². The molecule has 0 N–H and O–H groups in total. The van der Waals surface area contributed by atoms with Gasteiger partial charge in [0.15, 0.2) is 0 Å². The highest BCUT2D eigenvalue weighted by Gasteiger charge is 2.38. The summed E-state index contributed by atoms with van der Waals surface area (Å²) in [7, 11) is 0. The van der Waals surface area contributed by atoms with Crippen molar-refractivity contribution in [2.75, 3.05) is 6.61 Å². The smallest absolute Gasteiger partial charge is 0.416 e. The van der Waals surface area contributed by atoms with E-state index < -0.39 is 41.7 Å². The molecular weight excluding hydrogens is 450 g/mol. The van der Waals surface area contributed by atoms with E-state index >= 15 is 0 Å². The van der Waals surface area contributed by atoms with Gasteiger partial charge in [-0.25, -0.2) is 0 Å². The number of ether oxygens (including phenoxy) is 2. The highest BCUT2D eigenvalue weighted by Crippen LogP contribution is 2.41. The van der Waals surface area contributed by atoms with Gasteiger partial charge in [-0.2, -0.15) is 26.3 Å². The molecule has 2 aliphatic rings. The number of hydrogen-bond donors (Lipinski definition) is 0. The van der Waals surface area contributed by atoms with Gasteiger partial charge < -0.3 is 9.47 Å². The van der Waals surface area contributed by atoms with Crippen LogP contribution in [0, 0.1) is 0 Å². The molecule has 176 valence electrons. The Morgan fingerprint density at radius 1 is 0.818 bits per heavy atom. The van der Waals surface area contributed by atoms with Crippen molar-refractivity contribution in [3.63, 3.8) is 0 Å². The van der Waals surface area contributed by atoms with Gasteiger partial charge >= 0.3 is 12.4 Å². The lowest BCUT2D eigenvalue weighted by Crippen LogP contribution is -2.25. The van der Waals surface area contributed by atoms with Crippen molar-refractivity contribution in [2.24, 2.45) is 9.98 Å². The van der Waals surface area contributed by atoms with Gasteiger partial charge in [0.25, 0.3) is 0 Å². The Labute approximate surface area is 186 Å². The quantitative estimate of drug-likeness (QED) is 0.388. The molecule has 0 saturated carbocycles.